The molecule has 1 amide bonds. The number of benzene rings is 1. The molecule has 2 rings (SSSR count). The summed E-state index contributed by atoms with van der Waals surface area (Å²) in [6, 6.07) is 2.08. The Kier molecular flexibility index (Phi) is 4.04. The lowest BCUT2D eigenvalue weighted by Gasteiger charge is -2.07. The predicted molar refractivity (Wildman–Crippen MR) is 71.2 cm³/mol. The molecule has 0 aliphatic heterocycles. The highest BCUT2D eigenvalue weighted by Gasteiger charge is 2.14. The Morgan fingerprint density at radius 3 is 2.79 bits per heavy atom. The zero-order chi connectivity index (χ0) is 14.0. The maximum Gasteiger partial charge on any atom is 0.240 e. The number of fused-ring (bicyclic) bond motifs is 1. The average Bonchev–Trinajstić information content (AvgIpc) is 2.64. The van der Waals surface area contributed by atoms with Crippen LogP contribution in [-0.4, -0.2) is 27.8 Å². The first kappa shape index (κ1) is 13.8. The highest BCUT2D eigenvalue weighted by molar-refractivity contribution is 7.80. The van der Waals surface area contributed by atoms with Crippen LogP contribution in [0.15, 0.2) is 12.1 Å². The number of aryl methyl sites for hydroxylation is 1. The summed E-state index contributed by atoms with van der Waals surface area (Å²) in [5.41, 5.74) is 0.732. The lowest BCUT2D eigenvalue weighted by molar-refractivity contribution is -0.121. The number of carbonyl (C=O) groups excluding carboxylic acids is 1. The van der Waals surface area contributed by atoms with Crippen molar-refractivity contribution < 1.29 is 13.6 Å². The molecular formula is C12H13F2N3OS. The van der Waals surface area contributed by atoms with E-state index in [9.17, 15) is 13.6 Å². The van der Waals surface area contributed by atoms with E-state index in [0.717, 1.165) is 12.1 Å². The number of hydrogen-bond donors (Lipinski definition) is 2. The molecule has 0 saturated carbocycles. The van der Waals surface area contributed by atoms with Gasteiger partial charge in [0, 0.05) is 24.4 Å². The molecule has 0 aliphatic rings. The van der Waals surface area contributed by atoms with Gasteiger partial charge in [-0.2, -0.15) is 12.6 Å². The van der Waals surface area contributed by atoms with Crippen LogP contribution < -0.4 is 5.32 Å². The summed E-state index contributed by atoms with van der Waals surface area (Å²) >= 11 is 3.99. The van der Waals surface area contributed by atoms with Crippen LogP contribution in [0.1, 0.15) is 5.82 Å². The second-order valence-corrected chi connectivity index (χ2v) is 4.52. The molecule has 0 spiro atoms. The molecule has 4 nitrogen and oxygen atoms in total. The minimum absolute atomic E-state index is 0.0151. The average molecular weight is 285 g/mol. The van der Waals surface area contributed by atoms with Gasteiger partial charge in [0.2, 0.25) is 5.91 Å². The van der Waals surface area contributed by atoms with Gasteiger partial charge < -0.3 is 9.88 Å². The number of halogens is 2. The molecule has 0 aliphatic carbocycles. The van der Waals surface area contributed by atoms with Crippen LogP contribution in [0.25, 0.3) is 11.0 Å². The molecule has 0 unspecified atom stereocenters. The minimum Gasteiger partial charge on any atom is -0.354 e. The van der Waals surface area contributed by atoms with Crippen LogP contribution >= 0.6 is 12.6 Å². The second kappa shape index (κ2) is 5.56. The second-order valence-electron chi connectivity index (χ2n) is 4.07. The smallest absolute Gasteiger partial charge is 0.240 e. The third-order valence-corrected chi connectivity index (χ3v) is 2.94. The minimum atomic E-state index is -0.954. The van der Waals surface area contributed by atoms with Gasteiger partial charge in [-0.05, 0) is 6.92 Å². The van der Waals surface area contributed by atoms with Crippen molar-refractivity contribution in [2.24, 2.45) is 0 Å². The van der Waals surface area contributed by atoms with Gasteiger partial charge in [0.15, 0.2) is 11.6 Å². The lowest BCUT2D eigenvalue weighted by atomic mass is 10.3. The van der Waals surface area contributed by atoms with Gasteiger partial charge in [0.1, 0.15) is 12.4 Å². The Bertz CT molecular complexity index is 627. The van der Waals surface area contributed by atoms with E-state index < -0.39 is 11.6 Å². The molecular weight excluding hydrogens is 272 g/mol. The van der Waals surface area contributed by atoms with E-state index in [-0.39, 0.29) is 12.5 Å². The molecule has 0 radical (unpaired) electrons. The third-order valence-electron chi connectivity index (χ3n) is 2.72. The maximum absolute atomic E-state index is 13.3. The molecule has 1 aromatic heterocycles. The van der Waals surface area contributed by atoms with Crippen LogP contribution in [0.5, 0.6) is 0 Å². The van der Waals surface area contributed by atoms with Crippen molar-refractivity contribution in [3.8, 4) is 0 Å². The highest BCUT2D eigenvalue weighted by atomic mass is 32.1. The van der Waals surface area contributed by atoms with Gasteiger partial charge in [-0.3, -0.25) is 4.79 Å². The molecule has 1 N–H and O–H groups in total. The molecule has 0 fully saturated rings. The summed E-state index contributed by atoms with van der Waals surface area (Å²) in [6.07, 6.45) is 0. The van der Waals surface area contributed by atoms with Crippen LogP contribution in [0.3, 0.4) is 0 Å². The van der Waals surface area contributed by atoms with Crippen molar-refractivity contribution in [2.75, 3.05) is 12.3 Å². The number of hydrogen-bond acceptors (Lipinski definition) is 3. The molecule has 102 valence electrons. The number of imidazole rings is 1. The Balaban J connectivity index is 2.34. The van der Waals surface area contributed by atoms with Crippen LogP contribution in [-0.2, 0) is 11.3 Å². The molecule has 1 aromatic carbocycles. The Labute approximate surface area is 114 Å². The van der Waals surface area contributed by atoms with E-state index in [1.807, 2.05) is 0 Å². The summed E-state index contributed by atoms with van der Waals surface area (Å²) < 4.78 is 27.9. The summed E-state index contributed by atoms with van der Waals surface area (Å²) in [4.78, 5) is 15.8. The van der Waals surface area contributed by atoms with E-state index in [2.05, 4.69) is 22.9 Å². The molecule has 2 aromatic rings. The van der Waals surface area contributed by atoms with Crippen molar-refractivity contribution in [2.45, 2.75) is 13.5 Å². The SMILES string of the molecule is Cc1nc2cc(F)c(F)cc2n1CC(=O)NCCS. The largest absolute Gasteiger partial charge is 0.354 e. The topological polar surface area (TPSA) is 46.9 Å². The molecule has 19 heavy (non-hydrogen) atoms. The normalized spacial score (nSPS) is 10.9. The molecule has 1 heterocycles. The van der Waals surface area contributed by atoms with Gasteiger partial charge in [-0.15, -0.1) is 0 Å². The van der Waals surface area contributed by atoms with Gasteiger partial charge in [-0.1, -0.05) is 0 Å². The van der Waals surface area contributed by atoms with E-state index in [4.69, 9.17) is 0 Å². The number of rotatable bonds is 4. The summed E-state index contributed by atoms with van der Waals surface area (Å²) in [5.74, 6) is -1.06. The molecule has 7 heteroatoms. The first-order chi connectivity index (χ1) is 9.02. The van der Waals surface area contributed by atoms with Crippen molar-refractivity contribution >= 4 is 29.6 Å². The zero-order valence-electron chi connectivity index (χ0n) is 10.3. The number of nitrogens with zero attached hydrogens (tertiary/aromatic N) is 2. The Morgan fingerprint density at radius 1 is 1.42 bits per heavy atom. The van der Waals surface area contributed by atoms with Crippen LogP contribution in [0.2, 0.25) is 0 Å². The van der Waals surface area contributed by atoms with Crippen LogP contribution in [0.4, 0.5) is 8.78 Å². The number of aromatic nitrogens is 2. The van der Waals surface area contributed by atoms with E-state index in [0.29, 0.717) is 29.2 Å². The van der Waals surface area contributed by atoms with Crippen molar-refractivity contribution in [1.82, 2.24) is 14.9 Å². The highest BCUT2D eigenvalue weighted by Crippen LogP contribution is 2.19. The summed E-state index contributed by atoms with van der Waals surface area (Å²) in [7, 11) is 0. The van der Waals surface area contributed by atoms with E-state index in [1.54, 1.807) is 11.5 Å². The number of carbonyl (C=O) groups is 1. The zero-order valence-corrected chi connectivity index (χ0v) is 11.2. The number of thiol groups is 1. The standard InChI is InChI=1S/C12H13F2N3OS/c1-7-16-10-4-8(13)9(14)5-11(10)17(7)6-12(18)15-2-3-19/h4-5,19H,2-3,6H2,1H3,(H,15,18). The van der Waals surface area contributed by atoms with Crippen molar-refractivity contribution in [3.63, 3.8) is 0 Å². The first-order valence-corrected chi connectivity index (χ1v) is 6.35. The molecule has 0 bridgehead atoms. The van der Waals surface area contributed by atoms with Gasteiger partial charge in [-0.25, -0.2) is 13.8 Å². The van der Waals surface area contributed by atoms with Crippen LogP contribution in [0, 0.1) is 18.6 Å². The number of nitrogens with one attached hydrogen (secondary N) is 1. The number of amides is 1. The van der Waals surface area contributed by atoms with Gasteiger partial charge in [0.25, 0.3) is 0 Å². The Hall–Kier alpha value is -1.63. The summed E-state index contributed by atoms with van der Waals surface area (Å²) in [6.45, 7) is 2.15. The lowest BCUT2D eigenvalue weighted by Crippen LogP contribution is -2.29. The fraction of sp³-hybridized carbons (Fsp3) is 0.333. The third kappa shape index (κ3) is 2.86. The molecule has 0 atom stereocenters. The maximum atomic E-state index is 13.3. The van der Waals surface area contributed by atoms with Crippen molar-refractivity contribution in [3.05, 3.63) is 29.6 Å². The predicted octanol–water partition coefficient (Wildman–Crippen LogP) is 1.67. The van der Waals surface area contributed by atoms with E-state index >= 15 is 0 Å². The van der Waals surface area contributed by atoms with Gasteiger partial charge >= 0.3 is 0 Å². The van der Waals surface area contributed by atoms with Gasteiger partial charge in [0.05, 0.1) is 11.0 Å². The Morgan fingerprint density at radius 2 is 2.11 bits per heavy atom. The monoisotopic (exact) mass is 285 g/mol. The quantitative estimate of drug-likeness (QED) is 0.839. The fourth-order valence-electron chi connectivity index (χ4n) is 1.83. The van der Waals surface area contributed by atoms with E-state index in [1.165, 1.54) is 0 Å². The summed E-state index contributed by atoms with van der Waals surface area (Å²) in [5, 5.41) is 2.66. The first-order valence-electron chi connectivity index (χ1n) is 5.72. The molecule has 0 saturated heterocycles. The van der Waals surface area contributed by atoms with Crippen molar-refractivity contribution in [1.29, 1.82) is 0 Å². The fourth-order valence-corrected chi connectivity index (χ4v) is 1.95.